The molecule has 0 aromatic carbocycles. The summed E-state index contributed by atoms with van der Waals surface area (Å²) in [5.41, 5.74) is 0.258. The molecule has 1 saturated heterocycles. The third kappa shape index (κ3) is 4.08. The Bertz CT molecular complexity index is 212. The van der Waals surface area contributed by atoms with Crippen LogP contribution in [0, 0.1) is 5.41 Å². The van der Waals surface area contributed by atoms with Crippen molar-refractivity contribution in [1.82, 2.24) is 10.6 Å². The molecule has 0 aromatic rings. The number of nitrogens with one attached hydrogen (secondary N) is 2. The molecule has 0 radical (unpaired) electrons. The van der Waals surface area contributed by atoms with E-state index in [0.29, 0.717) is 0 Å². The summed E-state index contributed by atoms with van der Waals surface area (Å²) in [4.78, 5) is 4.56. The van der Waals surface area contributed by atoms with Crippen molar-refractivity contribution in [2.45, 2.75) is 27.2 Å². The van der Waals surface area contributed by atoms with Crippen LogP contribution in [0.5, 0.6) is 0 Å². The van der Waals surface area contributed by atoms with Gasteiger partial charge in [0.2, 0.25) is 0 Å². The molecule has 4 nitrogen and oxygen atoms in total. The Labute approximate surface area is 92.5 Å². The topological polar surface area (TPSA) is 45.7 Å². The second-order valence-electron chi connectivity index (χ2n) is 4.43. The van der Waals surface area contributed by atoms with Crippen LogP contribution in [0.4, 0.5) is 0 Å². The number of hydrogen-bond acceptors (Lipinski definition) is 2. The molecule has 1 heterocycles. The first-order chi connectivity index (χ1) is 7.20. The second kappa shape index (κ2) is 5.95. The smallest absolute Gasteiger partial charge is 0.191 e. The van der Waals surface area contributed by atoms with Crippen LogP contribution in [-0.4, -0.2) is 38.8 Å². The molecule has 0 aromatic heterocycles. The Morgan fingerprint density at radius 2 is 2.07 bits per heavy atom. The standard InChI is InChI=1S/C11H23N3O/c1-4-6-13-10(12-5-2)14-7-11(3)8-15-9-11/h4-9H2,1-3H3,(H2,12,13,14). The number of rotatable bonds is 5. The minimum atomic E-state index is 0.258. The minimum absolute atomic E-state index is 0.258. The van der Waals surface area contributed by atoms with Crippen LogP contribution in [0.25, 0.3) is 0 Å². The van der Waals surface area contributed by atoms with Gasteiger partial charge in [-0.25, -0.2) is 0 Å². The maximum atomic E-state index is 5.20. The number of nitrogens with zero attached hydrogens (tertiary/aromatic N) is 1. The molecule has 0 atom stereocenters. The molecule has 0 saturated carbocycles. The first-order valence-corrected chi connectivity index (χ1v) is 5.80. The van der Waals surface area contributed by atoms with E-state index in [-0.39, 0.29) is 5.41 Å². The van der Waals surface area contributed by atoms with Crippen LogP contribution in [0.15, 0.2) is 4.99 Å². The van der Waals surface area contributed by atoms with Crippen molar-refractivity contribution in [1.29, 1.82) is 0 Å². The van der Waals surface area contributed by atoms with Crippen molar-refractivity contribution in [2.75, 3.05) is 32.8 Å². The molecule has 1 rings (SSSR count). The lowest BCUT2D eigenvalue weighted by Gasteiger charge is -2.36. The lowest BCUT2D eigenvalue weighted by Crippen LogP contribution is -2.44. The summed E-state index contributed by atoms with van der Waals surface area (Å²) >= 11 is 0. The molecule has 1 aliphatic heterocycles. The van der Waals surface area contributed by atoms with Crippen molar-refractivity contribution >= 4 is 5.96 Å². The summed E-state index contributed by atoms with van der Waals surface area (Å²) in [6, 6.07) is 0. The largest absolute Gasteiger partial charge is 0.380 e. The fourth-order valence-electron chi connectivity index (χ4n) is 1.40. The maximum absolute atomic E-state index is 5.20. The third-order valence-electron chi connectivity index (χ3n) is 2.41. The van der Waals surface area contributed by atoms with Gasteiger partial charge in [-0.2, -0.15) is 0 Å². The Balaban J connectivity index is 2.35. The van der Waals surface area contributed by atoms with Crippen molar-refractivity contribution in [2.24, 2.45) is 10.4 Å². The summed E-state index contributed by atoms with van der Waals surface area (Å²) < 4.78 is 5.20. The fraction of sp³-hybridized carbons (Fsp3) is 0.909. The second-order valence-corrected chi connectivity index (χ2v) is 4.43. The van der Waals surface area contributed by atoms with Crippen LogP contribution in [0.3, 0.4) is 0 Å². The molecule has 15 heavy (non-hydrogen) atoms. The average molecular weight is 213 g/mol. The van der Waals surface area contributed by atoms with Crippen LogP contribution < -0.4 is 10.6 Å². The highest BCUT2D eigenvalue weighted by Gasteiger charge is 2.33. The summed E-state index contributed by atoms with van der Waals surface area (Å²) in [6.45, 7) is 10.8. The summed E-state index contributed by atoms with van der Waals surface area (Å²) in [5.74, 6) is 0.924. The molecule has 4 heteroatoms. The predicted molar refractivity (Wildman–Crippen MR) is 63.2 cm³/mol. The van der Waals surface area contributed by atoms with Crippen molar-refractivity contribution < 1.29 is 4.74 Å². The highest BCUT2D eigenvalue weighted by Crippen LogP contribution is 2.26. The molecule has 1 aliphatic rings. The molecule has 0 unspecified atom stereocenters. The monoisotopic (exact) mass is 213 g/mol. The Hall–Kier alpha value is -0.770. The molecule has 0 aliphatic carbocycles. The normalized spacial score (nSPS) is 19.5. The number of hydrogen-bond donors (Lipinski definition) is 2. The SMILES string of the molecule is CCCNC(=NCC1(C)COC1)NCC. The summed E-state index contributed by atoms with van der Waals surface area (Å²) in [6.07, 6.45) is 1.12. The van der Waals surface area contributed by atoms with Gasteiger partial charge in [-0.1, -0.05) is 13.8 Å². The van der Waals surface area contributed by atoms with Gasteiger partial charge in [0.15, 0.2) is 5.96 Å². The zero-order chi connectivity index (χ0) is 11.1. The van der Waals surface area contributed by atoms with Crippen LogP contribution >= 0.6 is 0 Å². The van der Waals surface area contributed by atoms with Gasteiger partial charge in [0, 0.05) is 18.5 Å². The zero-order valence-electron chi connectivity index (χ0n) is 10.1. The van der Waals surface area contributed by atoms with Gasteiger partial charge in [0.25, 0.3) is 0 Å². The summed E-state index contributed by atoms with van der Waals surface area (Å²) in [7, 11) is 0. The Kier molecular flexibility index (Phi) is 4.88. The Morgan fingerprint density at radius 3 is 2.53 bits per heavy atom. The number of guanidine groups is 1. The quantitative estimate of drug-likeness (QED) is 0.529. The first-order valence-electron chi connectivity index (χ1n) is 5.80. The predicted octanol–water partition coefficient (Wildman–Crippen LogP) is 0.988. The highest BCUT2D eigenvalue weighted by molar-refractivity contribution is 5.79. The molecular formula is C11H23N3O. The van der Waals surface area contributed by atoms with E-state index in [4.69, 9.17) is 4.74 Å². The van der Waals surface area contributed by atoms with Crippen molar-refractivity contribution in [3.8, 4) is 0 Å². The third-order valence-corrected chi connectivity index (χ3v) is 2.41. The molecule has 88 valence electrons. The highest BCUT2D eigenvalue weighted by atomic mass is 16.5. The number of ether oxygens (including phenoxy) is 1. The van der Waals surface area contributed by atoms with Gasteiger partial charge >= 0.3 is 0 Å². The molecule has 2 N–H and O–H groups in total. The molecule has 0 amide bonds. The average Bonchev–Trinajstić information content (AvgIpc) is 2.19. The van der Waals surface area contributed by atoms with Gasteiger partial charge in [0.05, 0.1) is 19.8 Å². The van der Waals surface area contributed by atoms with E-state index < -0.39 is 0 Å². The van der Waals surface area contributed by atoms with Gasteiger partial charge in [-0.05, 0) is 13.3 Å². The molecule has 0 bridgehead atoms. The lowest BCUT2D eigenvalue weighted by atomic mass is 9.89. The maximum Gasteiger partial charge on any atom is 0.191 e. The fourth-order valence-corrected chi connectivity index (χ4v) is 1.40. The summed E-state index contributed by atoms with van der Waals surface area (Å²) in [5, 5.41) is 6.53. The van der Waals surface area contributed by atoms with E-state index in [2.05, 4.69) is 36.4 Å². The van der Waals surface area contributed by atoms with Gasteiger partial charge in [-0.15, -0.1) is 0 Å². The first kappa shape index (κ1) is 12.3. The molecule has 1 fully saturated rings. The van der Waals surface area contributed by atoms with E-state index in [0.717, 1.165) is 45.2 Å². The van der Waals surface area contributed by atoms with E-state index in [9.17, 15) is 0 Å². The van der Waals surface area contributed by atoms with Crippen molar-refractivity contribution in [3.63, 3.8) is 0 Å². The minimum Gasteiger partial charge on any atom is -0.380 e. The zero-order valence-corrected chi connectivity index (χ0v) is 10.1. The van der Waals surface area contributed by atoms with Crippen LogP contribution in [0.2, 0.25) is 0 Å². The van der Waals surface area contributed by atoms with Crippen LogP contribution in [0.1, 0.15) is 27.2 Å². The van der Waals surface area contributed by atoms with Gasteiger partial charge in [-0.3, -0.25) is 4.99 Å². The van der Waals surface area contributed by atoms with E-state index in [1.807, 2.05) is 0 Å². The lowest BCUT2D eigenvalue weighted by molar-refractivity contribution is -0.0945. The van der Waals surface area contributed by atoms with Gasteiger partial charge in [0.1, 0.15) is 0 Å². The van der Waals surface area contributed by atoms with E-state index in [1.165, 1.54) is 0 Å². The van der Waals surface area contributed by atoms with Gasteiger partial charge < -0.3 is 15.4 Å². The number of aliphatic imine (C=N–C) groups is 1. The van der Waals surface area contributed by atoms with Crippen molar-refractivity contribution in [3.05, 3.63) is 0 Å². The van der Waals surface area contributed by atoms with E-state index >= 15 is 0 Å². The molecule has 0 spiro atoms. The Morgan fingerprint density at radius 1 is 1.33 bits per heavy atom. The van der Waals surface area contributed by atoms with Crippen LogP contribution in [-0.2, 0) is 4.74 Å². The van der Waals surface area contributed by atoms with E-state index in [1.54, 1.807) is 0 Å². The molecular weight excluding hydrogens is 190 g/mol.